The van der Waals surface area contributed by atoms with Gasteiger partial charge in [-0.15, -0.1) is 0 Å². The highest BCUT2D eigenvalue weighted by Gasteiger charge is 2.33. The van der Waals surface area contributed by atoms with Crippen LogP contribution < -0.4 is 10.6 Å². The first-order valence-corrected chi connectivity index (χ1v) is 12.2. The van der Waals surface area contributed by atoms with E-state index in [1.165, 1.54) is 23.5 Å². The van der Waals surface area contributed by atoms with E-state index in [1.54, 1.807) is 18.2 Å². The average molecular weight is 567 g/mol. The second kappa shape index (κ2) is 9.74. The van der Waals surface area contributed by atoms with Crippen LogP contribution in [0.25, 0.3) is 21.7 Å². The van der Waals surface area contributed by atoms with Gasteiger partial charge in [-0.1, -0.05) is 82.5 Å². The number of thiazole rings is 1. The summed E-state index contributed by atoms with van der Waals surface area (Å²) < 4.78 is 39.4. The maximum absolute atomic E-state index is 13.1. The van der Waals surface area contributed by atoms with Gasteiger partial charge in [-0.05, 0) is 30.3 Å². The second-order valence-electron chi connectivity index (χ2n) is 7.47. The van der Waals surface area contributed by atoms with Gasteiger partial charge < -0.3 is 10.6 Å². The van der Waals surface area contributed by atoms with Crippen LogP contribution in [0.1, 0.15) is 5.56 Å². The Labute approximate surface area is 221 Å². The van der Waals surface area contributed by atoms with Crippen molar-refractivity contribution >= 4 is 78.8 Å². The summed E-state index contributed by atoms with van der Waals surface area (Å²) in [6, 6.07) is 17.8. The Morgan fingerprint density at radius 1 is 0.750 bits per heavy atom. The van der Waals surface area contributed by atoms with Gasteiger partial charge in [0, 0.05) is 11.3 Å². The van der Waals surface area contributed by atoms with Gasteiger partial charge in [0.15, 0.2) is 21.6 Å². The molecule has 0 saturated carbocycles. The molecule has 2 N–H and O–H groups in total. The highest BCUT2D eigenvalue weighted by molar-refractivity contribution is 7.22. The Kier molecular flexibility index (Phi) is 6.65. The molecule has 0 atom stereocenters. The fraction of sp³-hybridized carbons (Fsp3) is 0.0417. The van der Waals surface area contributed by atoms with Gasteiger partial charge in [-0.3, -0.25) is 0 Å². The molecule has 0 amide bonds. The van der Waals surface area contributed by atoms with Gasteiger partial charge >= 0.3 is 6.18 Å². The van der Waals surface area contributed by atoms with E-state index in [4.69, 9.17) is 34.8 Å². The summed E-state index contributed by atoms with van der Waals surface area (Å²) in [5.41, 5.74) is 1.03. The molecule has 0 bridgehead atoms. The van der Waals surface area contributed by atoms with Crippen molar-refractivity contribution in [2.75, 3.05) is 10.6 Å². The maximum Gasteiger partial charge on any atom is 0.417 e. The van der Waals surface area contributed by atoms with E-state index in [0.29, 0.717) is 48.5 Å². The fourth-order valence-electron chi connectivity index (χ4n) is 3.36. The summed E-state index contributed by atoms with van der Waals surface area (Å²) >= 11 is 19.7. The van der Waals surface area contributed by atoms with Gasteiger partial charge in [0.25, 0.3) is 0 Å². The lowest BCUT2D eigenvalue weighted by Gasteiger charge is -2.12. The number of fused-ring (bicyclic) bond motifs is 1. The van der Waals surface area contributed by atoms with E-state index < -0.39 is 16.8 Å². The molecule has 5 aromatic rings. The lowest BCUT2D eigenvalue weighted by molar-refractivity contribution is -0.137. The van der Waals surface area contributed by atoms with Crippen molar-refractivity contribution in [1.82, 2.24) is 15.0 Å². The number of hydrogen-bond donors (Lipinski definition) is 2. The zero-order valence-electron chi connectivity index (χ0n) is 17.9. The first-order valence-electron chi connectivity index (χ1n) is 10.3. The smallest absolute Gasteiger partial charge is 0.338 e. The van der Waals surface area contributed by atoms with Crippen molar-refractivity contribution in [1.29, 1.82) is 0 Å². The number of alkyl halides is 3. The molecule has 5 nitrogen and oxygen atoms in total. The van der Waals surface area contributed by atoms with Crippen molar-refractivity contribution in [2.45, 2.75) is 6.18 Å². The Morgan fingerprint density at radius 2 is 1.47 bits per heavy atom. The van der Waals surface area contributed by atoms with E-state index in [0.717, 1.165) is 11.6 Å². The molecule has 2 heterocycles. The molecule has 0 unspecified atom stereocenters. The van der Waals surface area contributed by atoms with Crippen molar-refractivity contribution in [3.05, 3.63) is 87.4 Å². The number of nitrogens with one attached hydrogen (secondary N) is 2. The van der Waals surface area contributed by atoms with Crippen LogP contribution in [0, 0.1) is 0 Å². The highest BCUT2D eigenvalue weighted by atomic mass is 35.5. The number of rotatable bonds is 5. The van der Waals surface area contributed by atoms with Crippen LogP contribution in [0.15, 0.2) is 66.7 Å². The number of para-hydroxylation sites is 1. The minimum absolute atomic E-state index is 0.296. The molecule has 0 radical (unpaired) electrons. The number of hydrogen-bond acceptors (Lipinski definition) is 6. The van der Waals surface area contributed by atoms with Crippen molar-refractivity contribution in [3.8, 4) is 11.4 Å². The molecule has 12 heteroatoms. The number of nitrogens with zero attached hydrogens (tertiary/aromatic N) is 3. The molecule has 0 fully saturated rings. The zero-order chi connectivity index (χ0) is 25.4. The predicted octanol–water partition coefficient (Wildman–Crippen LogP) is 9.22. The van der Waals surface area contributed by atoms with Gasteiger partial charge in [0.1, 0.15) is 5.52 Å². The van der Waals surface area contributed by atoms with E-state index in [2.05, 4.69) is 25.6 Å². The molecule has 0 aliphatic rings. The summed E-state index contributed by atoms with van der Waals surface area (Å²) in [7, 11) is 0. The molecular formula is C24H13Cl3F3N5S. The molecule has 0 aliphatic carbocycles. The molecule has 0 aliphatic heterocycles. The Hall–Kier alpha value is -3.11. The topological polar surface area (TPSA) is 62.7 Å². The third-order valence-electron chi connectivity index (χ3n) is 5.02. The summed E-state index contributed by atoms with van der Waals surface area (Å²) in [5.74, 6) is 0.707. The first-order chi connectivity index (χ1) is 17.2. The summed E-state index contributed by atoms with van der Waals surface area (Å²) in [6.45, 7) is 0. The first kappa shape index (κ1) is 24.6. The van der Waals surface area contributed by atoms with Crippen LogP contribution in [0.5, 0.6) is 0 Å². The molecule has 36 heavy (non-hydrogen) atoms. The van der Waals surface area contributed by atoms with Crippen LogP contribution >= 0.6 is 46.1 Å². The van der Waals surface area contributed by atoms with E-state index >= 15 is 0 Å². The number of halogens is 6. The highest BCUT2D eigenvalue weighted by Crippen LogP contribution is 2.39. The van der Waals surface area contributed by atoms with Crippen LogP contribution in [0.2, 0.25) is 15.1 Å². The van der Waals surface area contributed by atoms with E-state index in [9.17, 15) is 13.2 Å². The fourth-order valence-corrected chi connectivity index (χ4v) is 4.99. The van der Waals surface area contributed by atoms with Crippen LogP contribution in [0.4, 0.5) is 35.5 Å². The second-order valence-corrected chi connectivity index (χ2v) is 9.67. The van der Waals surface area contributed by atoms with E-state index in [-0.39, 0.29) is 0 Å². The maximum atomic E-state index is 13.1. The molecule has 0 saturated heterocycles. The van der Waals surface area contributed by atoms with Crippen LogP contribution in [-0.2, 0) is 6.18 Å². The van der Waals surface area contributed by atoms with Gasteiger partial charge in [0.05, 0.1) is 26.3 Å². The monoisotopic (exact) mass is 565 g/mol. The normalized spacial score (nSPS) is 11.6. The molecule has 0 spiro atoms. The minimum Gasteiger partial charge on any atom is -0.338 e. The summed E-state index contributed by atoms with van der Waals surface area (Å²) in [4.78, 5) is 14.4. The van der Waals surface area contributed by atoms with Gasteiger partial charge in [0.2, 0.25) is 0 Å². The van der Waals surface area contributed by atoms with Crippen LogP contribution in [0.3, 0.4) is 0 Å². The molecule has 182 valence electrons. The summed E-state index contributed by atoms with van der Waals surface area (Å²) in [6.07, 6.45) is -4.56. The zero-order valence-corrected chi connectivity index (χ0v) is 21.0. The summed E-state index contributed by atoms with van der Waals surface area (Å²) in [5, 5.41) is 7.00. The molecule has 5 rings (SSSR count). The third-order valence-corrected chi connectivity index (χ3v) is 6.83. The van der Waals surface area contributed by atoms with Crippen LogP contribution in [-0.4, -0.2) is 15.0 Å². The predicted molar refractivity (Wildman–Crippen MR) is 140 cm³/mol. The largest absolute Gasteiger partial charge is 0.417 e. The number of benzene rings is 3. The van der Waals surface area contributed by atoms with E-state index in [1.807, 2.05) is 30.3 Å². The van der Waals surface area contributed by atoms with Gasteiger partial charge in [-0.2, -0.15) is 13.2 Å². The standard InChI is InChI=1S/C24H13Cl3F3N5S/c25-15-7-4-8-16(26)18(15)32-23-33-19-21(31-13-9-10-14(17(27)11-13)24(28,29)30)34-20(35-22(19)36-23)12-5-2-1-3-6-12/h1-11H,(H,32,33)(H,31,34,35). The molecule has 3 aromatic carbocycles. The lowest BCUT2D eigenvalue weighted by Crippen LogP contribution is -2.06. The minimum atomic E-state index is -4.56. The lowest BCUT2D eigenvalue weighted by atomic mass is 10.2. The number of anilines is 4. The third kappa shape index (κ3) is 5.05. The Bertz CT molecular complexity index is 1560. The average Bonchev–Trinajstić information content (AvgIpc) is 3.24. The van der Waals surface area contributed by atoms with Crippen molar-refractivity contribution in [2.24, 2.45) is 0 Å². The number of aromatic nitrogens is 3. The SMILES string of the molecule is FC(F)(F)c1ccc(Nc2nc(-c3ccccc3)nc3sc(Nc4c(Cl)cccc4Cl)nc23)cc1Cl. The van der Waals surface area contributed by atoms with Crippen molar-refractivity contribution in [3.63, 3.8) is 0 Å². The molecule has 2 aromatic heterocycles. The Morgan fingerprint density at radius 3 is 2.14 bits per heavy atom. The molecular weight excluding hydrogens is 554 g/mol. The Balaban J connectivity index is 1.59. The van der Waals surface area contributed by atoms with Gasteiger partial charge in [-0.25, -0.2) is 15.0 Å². The van der Waals surface area contributed by atoms with Crippen molar-refractivity contribution < 1.29 is 13.2 Å². The quantitative estimate of drug-likeness (QED) is 0.222.